The van der Waals surface area contributed by atoms with E-state index in [-0.39, 0.29) is 6.04 Å². The van der Waals surface area contributed by atoms with Gasteiger partial charge in [-0.2, -0.15) is 0 Å². The van der Waals surface area contributed by atoms with Crippen LogP contribution in [-0.2, 0) is 5.41 Å². The summed E-state index contributed by atoms with van der Waals surface area (Å²) in [6.07, 6.45) is 73.4. The Balaban J connectivity index is 0.00000475. The van der Waals surface area contributed by atoms with Crippen molar-refractivity contribution in [3.63, 3.8) is 0 Å². The van der Waals surface area contributed by atoms with Crippen LogP contribution in [0.5, 0.6) is 0 Å². The lowest BCUT2D eigenvalue weighted by molar-refractivity contribution is 0.471. The Hall–Kier alpha value is -10.7. The average Bonchev–Trinajstić information content (AvgIpc) is 1.51. The number of rotatable bonds is 21. The lowest BCUT2D eigenvalue weighted by Gasteiger charge is -2.35. The van der Waals surface area contributed by atoms with E-state index >= 15 is 0 Å². The molecule has 0 aliphatic heterocycles. The minimum absolute atomic E-state index is 0.0911. The molecule has 90 heavy (non-hydrogen) atoms. The Bertz CT molecular complexity index is 4180. The van der Waals surface area contributed by atoms with Gasteiger partial charge in [-0.15, -0.1) is 18.6 Å². The zero-order valence-corrected chi connectivity index (χ0v) is 53.3. The number of nitrogens with zero attached hydrogens (tertiary/aromatic N) is 4. The number of hydrogen-bond acceptors (Lipinski definition) is 4. The fraction of sp³-hybridized carbons (Fsp3) is 0.163. The summed E-state index contributed by atoms with van der Waals surface area (Å²) in [6.45, 7) is 23.8. The second-order valence-electron chi connectivity index (χ2n) is 22.6. The third kappa shape index (κ3) is 14.2. The highest BCUT2D eigenvalue weighted by Gasteiger charge is 2.53. The van der Waals surface area contributed by atoms with Crippen LogP contribution in [0.1, 0.15) is 74.4 Å². The van der Waals surface area contributed by atoms with Crippen LogP contribution in [0.4, 0.5) is 28.4 Å². The van der Waals surface area contributed by atoms with Gasteiger partial charge in [-0.05, 0) is 193 Å². The maximum atomic E-state index is 6.49. The smallest absolute Gasteiger partial charge is 0.114 e. The highest BCUT2D eigenvalue weighted by molar-refractivity contribution is 6.00. The first kappa shape index (κ1) is 63.8. The van der Waals surface area contributed by atoms with Crippen molar-refractivity contribution in [1.29, 1.82) is 0 Å². The molecule has 0 saturated heterocycles. The number of fused-ring (bicyclic) bond motifs is 9. The molecule has 5 aliphatic carbocycles. The molecule has 0 radical (unpaired) electrons. The number of aryl methyl sites for hydroxylation is 2. The maximum Gasteiger partial charge on any atom is 0.114 e. The van der Waals surface area contributed by atoms with Crippen molar-refractivity contribution in [2.45, 2.75) is 72.4 Å². The Morgan fingerprint density at radius 1 is 0.656 bits per heavy atom. The van der Waals surface area contributed by atoms with Crippen molar-refractivity contribution in [1.82, 2.24) is 4.90 Å². The van der Waals surface area contributed by atoms with E-state index in [2.05, 4.69) is 297 Å². The van der Waals surface area contributed by atoms with Gasteiger partial charge in [0.15, 0.2) is 0 Å². The standard InChI is InChI=1S/C84H76N4.C2H6/c1-10-14-17-22-29-55-86(70-40-27-26-35-64(7)57-70)72-45-50-78-79-51-46-73(87(56-30-23-18-15-11-2)71-42-32-36-65(8)58-71)61-82(79)84(81(78)60-72)80-53-48-68(85(54-28-19-16-12-3)67(13-4)41-31-34-63(5)6)44-49-76(80)77-52-47-75(62-83(77)84)88(69-38-24-20-21-25-39-69)74-43-33-37-66(9)59-74;1-2/h2,4,10,12,14-26,28-34,36-47,49-54,57-62,64,67,69H,1,3,35,55-56H2,5-9H3;1-2H3/b17-14-,18-15-,19-16-,29-22-,30-23-,41-31-,54-28-;. The molecule has 10 rings (SSSR count). The van der Waals surface area contributed by atoms with Crippen LogP contribution in [0.15, 0.2) is 327 Å². The van der Waals surface area contributed by atoms with E-state index in [4.69, 9.17) is 12.8 Å². The van der Waals surface area contributed by atoms with Crippen LogP contribution in [0.25, 0.3) is 16.7 Å². The van der Waals surface area contributed by atoms with E-state index in [1.807, 2.05) is 68.7 Å². The van der Waals surface area contributed by atoms with Gasteiger partial charge in [0.1, 0.15) is 6.04 Å². The largest absolute Gasteiger partial charge is 0.338 e. The highest BCUT2D eigenvalue weighted by atomic mass is 15.2. The molecule has 0 saturated carbocycles. The summed E-state index contributed by atoms with van der Waals surface area (Å²) in [5.41, 5.74) is 26.6. The van der Waals surface area contributed by atoms with Crippen LogP contribution in [0, 0.1) is 44.5 Å². The second kappa shape index (κ2) is 30.8. The topological polar surface area (TPSA) is 13.0 Å². The highest BCUT2D eigenvalue weighted by Crippen LogP contribution is 2.64. The van der Waals surface area contributed by atoms with Crippen LogP contribution < -0.4 is 14.7 Å². The number of benzene rings is 5. The van der Waals surface area contributed by atoms with Gasteiger partial charge < -0.3 is 19.6 Å². The SMILES string of the molecule is C#C/C=C\C=C/CN(c1cccc(C)c1)c1ccc2c(c1)C1(C3=C(C=CC(N(/C=C\C=C/C=C)C(C#C)/C=C\C=C(C)C)=C=C3)c3ccc(N(c4cccc(C)c4)C4C=CC=CC=C4)cc31)c1cc(N(C/C=C\C=C/C=C)C3=CC(C)CC=C=C3)ccc1-2.CC. The van der Waals surface area contributed by atoms with Crippen LogP contribution in [-0.4, -0.2) is 30.1 Å². The Morgan fingerprint density at radius 3 is 1.91 bits per heavy atom. The third-order valence-corrected chi connectivity index (χ3v) is 16.2. The molecule has 5 aromatic carbocycles. The van der Waals surface area contributed by atoms with Crippen molar-refractivity contribution < 1.29 is 0 Å². The van der Waals surface area contributed by atoms with Gasteiger partial charge in [0.05, 0.1) is 17.2 Å². The molecular formula is C86H82N4. The predicted octanol–water partition coefficient (Wildman–Crippen LogP) is 20.9. The molecule has 3 unspecified atom stereocenters. The van der Waals surface area contributed by atoms with E-state index in [1.165, 1.54) is 33.4 Å². The Labute approximate surface area is 537 Å². The second-order valence-corrected chi connectivity index (χ2v) is 22.6. The lowest BCUT2D eigenvalue weighted by atomic mass is 9.69. The van der Waals surface area contributed by atoms with Crippen molar-refractivity contribution in [3.05, 3.63) is 360 Å². The fourth-order valence-corrected chi connectivity index (χ4v) is 12.2. The van der Waals surface area contributed by atoms with Gasteiger partial charge in [-0.3, -0.25) is 0 Å². The van der Waals surface area contributed by atoms with Gasteiger partial charge in [0.2, 0.25) is 0 Å². The first-order chi connectivity index (χ1) is 44.1. The molecular weight excluding hydrogens is 1090 g/mol. The summed E-state index contributed by atoms with van der Waals surface area (Å²) < 4.78 is 0. The molecule has 0 N–H and O–H groups in total. The summed E-state index contributed by atoms with van der Waals surface area (Å²) in [6, 6.07) is 38.5. The summed E-state index contributed by atoms with van der Waals surface area (Å²) in [4.78, 5) is 9.42. The first-order valence-corrected chi connectivity index (χ1v) is 31.3. The van der Waals surface area contributed by atoms with Gasteiger partial charge in [-0.25, -0.2) is 0 Å². The van der Waals surface area contributed by atoms with Crippen LogP contribution >= 0.6 is 0 Å². The Kier molecular flexibility index (Phi) is 21.8. The zero-order chi connectivity index (χ0) is 63.4. The summed E-state index contributed by atoms with van der Waals surface area (Å²) in [5.74, 6) is 6.04. The zero-order valence-electron chi connectivity index (χ0n) is 53.3. The van der Waals surface area contributed by atoms with Crippen LogP contribution in [0.2, 0.25) is 0 Å². The summed E-state index contributed by atoms with van der Waals surface area (Å²) in [7, 11) is 0. The van der Waals surface area contributed by atoms with Crippen molar-refractivity contribution in [2.75, 3.05) is 27.8 Å². The molecule has 0 aromatic heterocycles. The van der Waals surface area contributed by atoms with Crippen molar-refractivity contribution in [2.24, 2.45) is 5.92 Å². The Morgan fingerprint density at radius 2 is 1.24 bits per heavy atom. The predicted molar refractivity (Wildman–Crippen MR) is 389 cm³/mol. The molecule has 0 bridgehead atoms. The number of terminal acetylenes is 2. The summed E-state index contributed by atoms with van der Waals surface area (Å²) >= 11 is 0. The average molecular weight is 1170 g/mol. The van der Waals surface area contributed by atoms with Crippen molar-refractivity contribution >= 4 is 34.0 Å². The number of allylic oxidation sites excluding steroid dienone is 24. The van der Waals surface area contributed by atoms with E-state index in [0.29, 0.717) is 19.0 Å². The third-order valence-electron chi connectivity index (χ3n) is 16.2. The van der Waals surface area contributed by atoms with Gasteiger partial charge >= 0.3 is 0 Å². The van der Waals surface area contributed by atoms with E-state index in [0.717, 1.165) is 74.1 Å². The number of anilines is 5. The minimum atomic E-state index is -0.903. The molecule has 0 amide bonds. The lowest BCUT2D eigenvalue weighted by Crippen LogP contribution is -2.30. The van der Waals surface area contributed by atoms with Gasteiger partial charge in [0, 0.05) is 59.5 Å². The quantitative estimate of drug-likeness (QED) is 0.0412. The first-order valence-electron chi connectivity index (χ1n) is 31.3. The molecule has 3 atom stereocenters. The maximum absolute atomic E-state index is 6.49. The molecule has 0 fully saturated rings. The molecule has 4 heteroatoms. The number of hydrogen-bond donors (Lipinski definition) is 0. The minimum Gasteiger partial charge on any atom is -0.338 e. The van der Waals surface area contributed by atoms with E-state index in [9.17, 15) is 0 Å². The van der Waals surface area contributed by atoms with E-state index in [1.54, 1.807) is 18.2 Å². The van der Waals surface area contributed by atoms with Crippen LogP contribution in [0.3, 0.4) is 0 Å². The normalized spacial score (nSPS) is 17.2. The van der Waals surface area contributed by atoms with Gasteiger partial charge in [-0.1, -0.05) is 227 Å². The molecule has 0 heterocycles. The molecule has 5 aliphatic rings. The monoisotopic (exact) mass is 1170 g/mol. The molecule has 1 spiro atoms. The molecule has 4 nitrogen and oxygen atoms in total. The summed E-state index contributed by atoms with van der Waals surface area (Å²) in [5, 5.41) is 0. The molecule has 446 valence electrons. The molecule has 5 aromatic rings. The van der Waals surface area contributed by atoms with Gasteiger partial charge in [0.25, 0.3) is 0 Å². The van der Waals surface area contributed by atoms with Crippen molar-refractivity contribution in [3.8, 4) is 35.8 Å². The van der Waals surface area contributed by atoms with E-state index < -0.39 is 11.5 Å². The fourth-order valence-electron chi connectivity index (χ4n) is 12.2.